The van der Waals surface area contributed by atoms with Crippen LogP contribution in [0.5, 0.6) is 0 Å². The van der Waals surface area contributed by atoms with Crippen molar-refractivity contribution in [2.45, 2.75) is 6.42 Å². The van der Waals surface area contributed by atoms with Gasteiger partial charge in [-0.1, -0.05) is 12.1 Å². The summed E-state index contributed by atoms with van der Waals surface area (Å²) in [6.45, 7) is 0. The Labute approximate surface area is 92.7 Å². The average molecular weight is 242 g/mol. The van der Waals surface area contributed by atoms with Crippen LogP contribution in [0.15, 0.2) is 18.2 Å². The molecule has 0 N–H and O–H groups in total. The van der Waals surface area contributed by atoms with E-state index >= 15 is 0 Å². The number of nitrogens with zero attached hydrogens (tertiary/aromatic N) is 2. The van der Waals surface area contributed by atoms with Crippen LogP contribution in [0, 0.1) is 10.1 Å². The van der Waals surface area contributed by atoms with E-state index in [1.807, 2.05) is 0 Å². The highest BCUT2D eigenvalue weighted by molar-refractivity contribution is 7.92. The van der Waals surface area contributed by atoms with Gasteiger partial charge in [-0.3, -0.25) is 14.4 Å². The van der Waals surface area contributed by atoms with E-state index in [0.717, 1.165) is 4.31 Å². The molecule has 0 spiro atoms. The Morgan fingerprint density at radius 3 is 2.75 bits per heavy atom. The summed E-state index contributed by atoms with van der Waals surface area (Å²) in [6.07, 6.45) is 0.323. The summed E-state index contributed by atoms with van der Waals surface area (Å²) in [5.41, 5.74) is 0.730. The van der Waals surface area contributed by atoms with E-state index in [1.165, 1.54) is 13.1 Å². The summed E-state index contributed by atoms with van der Waals surface area (Å²) in [6, 6.07) is 4.60. The molecule has 1 aliphatic rings. The molecule has 0 bridgehead atoms. The van der Waals surface area contributed by atoms with Gasteiger partial charge in [-0.15, -0.1) is 0 Å². The van der Waals surface area contributed by atoms with Crippen LogP contribution < -0.4 is 4.31 Å². The number of fused-ring (bicyclic) bond motifs is 1. The van der Waals surface area contributed by atoms with Crippen molar-refractivity contribution >= 4 is 21.4 Å². The SMILES string of the molecule is CN1c2c(cccc2[N+](=O)[O-])CCS1(=O)=O. The van der Waals surface area contributed by atoms with Crippen LogP contribution in [0.2, 0.25) is 0 Å². The third-order valence-electron chi connectivity index (χ3n) is 2.66. The molecule has 1 aromatic rings. The number of nitro benzene ring substituents is 1. The lowest BCUT2D eigenvalue weighted by atomic mass is 10.1. The second-order valence-corrected chi connectivity index (χ2v) is 5.70. The Kier molecular flexibility index (Phi) is 2.34. The molecule has 16 heavy (non-hydrogen) atoms. The predicted octanol–water partition coefficient (Wildman–Crippen LogP) is 0.917. The third kappa shape index (κ3) is 1.53. The Bertz CT molecular complexity index is 553. The fourth-order valence-electron chi connectivity index (χ4n) is 1.81. The van der Waals surface area contributed by atoms with Crippen LogP contribution in [0.1, 0.15) is 5.56 Å². The molecule has 6 nitrogen and oxygen atoms in total. The number of hydrogen-bond donors (Lipinski definition) is 0. The smallest absolute Gasteiger partial charge is 0.266 e. The van der Waals surface area contributed by atoms with Crippen molar-refractivity contribution in [3.05, 3.63) is 33.9 Å². The largest absolute Gasteiger partial charge is 0.293 e. The summed E-state index contributed by atoms with van der Waals surface area (Å²) in [5.74, 6) is -0.00231. The normalized spacial score (nSPS) is 17.9. The quantitative estimate of drug-likeness (QED) is 0.541. The molecule has 0 atom stereocenters. The second-order valence-electron chi connectivity index (χ2n) is 3.58. The number of nitro groups is 1. The van der Waals surface area contributed by atoms with Crippen LogP contribution in [-0.4, -0.2) is 26.1 Å². The van der Waals surface area contributed by atoms with Gasteiger partial charge in [-0.05, 0) is 12.0 Å². The van der Waals surface area contributed by atoms with E-state index in [-0.39, 0.29) is 17.1 Å². The fraction of sp³-hybridized carbons (Fsp3) is 0.333. The predicted molar refractivity (Wildman–Crippen MR) is 59.0 cm³/mol. The highest BCUT2D eigenvalue weighted by Crippen LogP contribution is 2.36. The van der Waals surface area contributed by atoms with Gasteiger partial charge in [0, 0.05) is 13.1 Å². The molecule has 0 saturated carbocycles. The maximum atomic E-state index is 11.6. The van der Waals surface area contributed by atoms with Crippen molar-refractivity contribution in [3.8, 4) is 0 Å². The van der Waals surface area contributed by atoms with Crippen molar-refractivity contribution in [1.29, 1.82) is 0 Å². The monoisotopic (exact) mass is 242 g/mol. The van der Waals surface area contributed by atoms with Crippen molar-refractivity contribution in [2.75, 3.05) is 17.1 Å². The number of rotatable bonds is 1. The van der Waals surface area contributed by atoms with Gasteiger partial charge in [-0.25, -0.2) is 8.42 Å². The first-order valence-electron chi connectivity index (χ1n) is 4.66. The van der Waals surface area contributed by atoms with Crippen molar-refractivity contribution in [1.82, 2.24) is 0 Å². The first-order chi connectivity index (χ1) is 7.43. The molecule has 2 rings (SSSR count). The molecule has 0 amide bonds. The minimum atomic E-state index is -3.40. The number of sulfonamides is 1. The summed E-state index contributed by atoms with van der Waals surface area (Å²) in [7, 11) is -2.05. The first-order valence-corrected chi connectivity index (χ1v) is 6.27. The molecule has 1 aliphatic heterocycles. The molecule has 0 radical (unpaired) electrons. The molecular weight excluding hydrogens is 232 g/mol. The summed E-state index contributed by atoms with van der Waals surface area (Å²) in [4.78, 5) is 10.3. The average Bonchev–Trinajstić information content (AvgIpc) is 2.23. The van der Waals surface area contributed by atoms with Gasteiger partial charge in [0.1, 0.15) is 5.69 Å². The Morgan fingerprint density at radius 2 is 2.12 bits per heavy atom. The van der Waals surface area contributed by atoms with Crippen LogP contribution in [0.25, 0.3) is 0 Å². The standard InChI is InChI=1S/C9H10N2O4S/c1-10-9-7(5-6-16(10,14)15)3-2-4-8(9)11(12)13/h2-4H,5-6H2,1H3. The molecule has 0 aromatic heterocycles. The third-order valence-corrected chi connectivity index (χ3v) is 4.39. The van der Waals surface area contributed by atoms with Crippen LogP contribution in [0.3, 0.4) is 0 Å². The Morgan fingerprint density at radius 1 is 1.44 bits per heavy atom. The van der Waals surface area contributed by atoms with Crippen LogP contribution >= 0.6 is 0 Å². The van der Waals surface area contributed by atoms with Gasteiger partial charge in [-0.2, -0.15) is 0 Å². The van der Waals surface area contributed by atoms with E-state index in [2.05, 4.69) is 0 Å². The summed E-state index contributed by atoms with van der Waals surface area (Å²) >= 11 is 0. The molecule has 1 heterocycles. The highest BCUT2D eigenvalue weighted by Gasteiger charge is 2.32. The zero-order chi connectivity index (χ0) is 11.9. The lowest BCUT2D eigenvalue weighted by Gasteiger charge is -2.26. The van der Waals surface area contributed by atoms with E-state index in [1.54, 1.807) is 12.1 Å². The maximum Gasteiger partial charge on any atom is 0.293 e. The molecule has 0 unspecified atom stereocenters. The molecule has 0 saturated heterocycles. The molecule has 1 aromatic carbocycles. The van der Waals surface area contributed by atoms with Crippen LogP contribution in [-0.2, 0) is 16.4 Å². The second kappa shape index (κ2) is 3.44. The number of aryl methyl sites for hydroxylation is 1. The minimum absolute atomic E-state index is 0.00231. The summed E-state index contributed by atoms with van der Waals surface area (Å²) in [5, 5.41) is 10.8. The molecule has 0 fully saturated rings. The van der Waals surface area contributed by atoms with Crippen LogP contribution in [0.4, 0.5) is 11.4 Å². The van der Waals surface area contributed by atoms with E-state index in [9.17, 15) is 18.5 Å². The van der Waals surface area contributed by atoms with Gasteiger partial charge in [0.15, 0.2) is 0 Å². The van der Waals surface area contributed by atoms with Gasteiger partial charge in [0.05, 0.1) is 10.7 Å². The minimum Gasteiger partial charge on any atom is -0.266 e. The van der Waals surface area contributed by atoms with E-state index in [0.29, 0.717) is 12.0 Å². The number of anilines is 1. The topological polar surface area (TPSA) is 80.5 Å². The molecular formula is C9H10N2O4S. The van der Waals surface area contributed by atoms with Gasteiger partial charge < -0.3 is 0 Å². The van der Waals surface area contributed by atoms with Crippen molar-refractivity contribution < 1.29 is 13.3 Å². The van der Waals surface area contributed by atoms with Crippen molar-refractivity contribution in [2.24, 2.45) is 0 Å². The highest BCUT2D eigenvalue weighted by atomic mass is 32.2. The van der Waals surface area contributed by atoms with Gasteiger partial charge in [0.2, 0.25) is 10.0 Å². The summed E-state index contributed by atoms with van der Waals surface area (Å²) < 4.78 is 24.2. The lowest BCUT2D eigenvalue weighted by molar-refractivity contribution is -0.384. The Hall–Kier alpha value is -1.63. The zero-order valence-electron chi connectivity index (χ0n) is 8.58. The number of hydrogen-bond acceptors (Lipinski definition) is 4. The first kappa shape index (κ1) is 10.9. The molecule has 86 valence electrons. The van der Waals surface area contributed by atoms with Gasteiger partial charge in [0.25, 0.3) is 5.69 Å². The number of para-hydroxylation sites is 1. The van der Waals surface area contributed by atoms with Crippen molar-refractivity contribution in [3.63, 3.8) is 0 Å². The fourth-order valence-corrected chi connectivity index (χ4v) is 3.05. The number of benzene rings is 1. The van der Waals surface area contributed by atoms with E-state index in [4.69, 9.17) is 0 Å². The molecule has 7 heteroatoms. The lowest BCUT2D eigenvalue weighted by Crippen LogP contribution is -2.34. The zero-order valence-corrected chi connectivity index (χ0v) is 9.40. The van der Waals surface area contributed by atoms with Gasteiger partial charge >= 0.3 is 0 Å². The van der Waals surface area contributed by atoms with E-state index < -0.39 is 14.9 Å². The Balaban J connectivity index is 2.69. The maximum absolute atomic E-state index is 11.6. The molecule has 0 aliphatic carbocycles.